The van der Waals surface area contributed by atoms with Gasteiger partial charge in [-0.3, -0.25) is 9.69 Å². The molecule has 1 saturated heterocycles. The Kier molecular flexibility index (Phi) is 4.28. The fraction of sp³-hybridized carbons (Fsp3) is 0.0556. The number of nitrogens with zero attached hydrogens (tertiary/aromatic N) is 2. The fourth-order valence-corrected chi connectivity index (χ4v) is 3.49. The Hall–Kier alpha value is -2.42. The van der Waals surface area contributed by atoms with Crippen LogP contribution in [0.2, 0.25) is 0 Å². The van der Waals surface area contributed by atoms with Crippen molar-refractivity contribution in [1.82, 2.24) is 0 Å². The molecule has 2 aromatic carbocycles. The molecule has 0 bridgehead atoms. The lowest BCUT2D eigenvalue weighted by Crippen LogP contribution is -2.27. The summed E-state index contributed by atoms with van der Waals surface area (Å²) in [5.41, 5.74) is 3.37. The fourth-order valence-electron chi connectivity index (χ4n) is 2.19. The Bertz CT molecular complexity index is 846. The first-order valence-electron chi connectivity index (χ1n) is 6.93. The highest BCUT2D eigenvalue weighted by Crippen LogP contribution is 2.36. The van der Waals surface area contributed by atoms with Crippen LogP contribution in [0.15, 0.2) is 53.4 Å². The molecule has 0 aromatic heterocycles. The molecule has 3 rings (SSSR count). The first kappa shape index (κ1) is 15.5. The normalized spacial score (nSPS) is 16.0. The largest absolute Gasteiger partial charge is 0.270 e. The minimum atomic E-state index is -0.117. The second kappa shape index (κ2) is 6.37. The summed E-state index contributed by atoms with van der Waals surface area (Å²) in [6, 6.07) is 16.9. The number of thioether (sulfide) groups is 1. The average molecular weight is 336 g/mol. The number of aryl methyl sites for hydroxylation is 1. The lowest BCUT2D eigenvalue weighted by atomic mass is 10.1. The lowest BCUT2D eigenvalue weighted by Gasteiger charge is -2.14. The standard InChI is InChI=1S/C18H12N2OS2/c1-12-2-8-15(9-3-12)20-17(21)16(23-18(20)22)10-13-4-6-14(11-19)7-5-13/h2-10H,1H3/b16-10-. The van der Waals surface area contributed by atoms with Crippen LogP contribution in [0.25, 0.3) is 6.08 Å². The van der Waals surface area contributed by atoms with Crippen LogP contribution in [0.3, 0.4) is 0 Å². The van der Waals surface area contributed by atoms with E-state index in [0.29, 0.717) is 14.8 Å². The highest BCUT2D eigenvalue weighted by Gasteiger charge is 2.33. The first-order valence-corrected chi connectivity index (χ1v) is 8.16. The van der Waals surface area contributed by atoms with Crippen molar-refractivity contribution in [1.29, 1.82) is 5.26 Å². The molecule has 1 aliphatic rings. The molecule has 0 atom stereocenters. The minimum absolute atomic E-state index is 0.117. The number of amides is 1. The number of carbonyl (C=O) groups excluding carboxylic acids is 1. The SMILES string of the molecule is Cc1ccc(N2C(=O)/C(=C/c3ccc(C#N)cc3)SC2=S)cc1. The van der Waals surface area contributed by atoms with Crippen molar-refractivity contribution in [2.45, 2.75) is 6.92 Å². The van der Waals surface area contributed by atoms with Gasteiger partial charge >= 0.3 is 0 Å². The maximum Gasteiger partial charge on any atom is 0.270 e. The van der Waals surface area contributed by atoms with E-state index < -0.39 is 0 Å². The molecule has 1 fully saturated rings. The first-order chi connectivity index (χ1) is 11.1. The summed E-state index contributed by atoms with van der Waals surface area (Å²) < 4.78 is 0.527. The van der Waals surface area contributed by atoms with E-state index >= 15 is 0 Å². The Labute approximate surface area is 144 Å². The lowest BCUT2D eigenvalue weighted by molar-refractivity contribution is -0.113. The third-order valence-electron chi connectivity index (χ3n) is 3.42. The van der Waals surface area contributed by atoms with E-state index in [4.69, 9.17) is 17.5 Å². The topological polar surface area (TPSA) is 44.1 Å². The van der Waals surface area contributed by atoms with E-state index in [1.165, 1.54) is 11.8 Å². The molecule has 0 aliphatic carbocycles. The number of anilines is 1. The van der Waals surface area contributed by atoms with Crippen LogP contribution < -0.4 is 4.90 Å². The van der Waals surface area contributed by atoms with Gasteiger partial charge in [0.1, 0.15) is 0 Å². The summed E-state index contributed by atoms with van der Waals surface area (Å²) in [4.78, 5) is 14.8. The van der Waals surface area contributed by atoms with Crippen molar-refractivity contribution in [2.75, 3.05) is 4.90 Å². The predicted molar refractivity (Wildman–Crippen MR) is 98.0 cm³/mol. The van der Waals surface area contributed by atoms with Gasteiger partial charge in [0, 0.05) is 0 Å². The van der Waals surface area contributed by atoms with Crippen molar-refractivity contribution >= 4 is 46.0 Å². The summed E-state index contributed by atoms with van der Waals surface area (Å²) in [7, 11) is 0. The molecule has 2 aromatic rings. The molecule has 0 radical (unpaired) electrons. The minimum Gasteiger partial charge on any atom is -0.268 e. The van der Waals surface area contributed by atoms with Crippen LogP contribution in [-0.4, -0.2) is 10.2 Å². The number of nitriles is 1. The monoisotopic (exact) mass is 336 g/mol. The number of thiocarbonyl (C=S) groups is 1. The van der Waals surface area contributed by atoms with Gasteiger partial charge in [0.2, 0.25) is 0 Å². The van der Waals surface area contributed by atoms with Gasteiger partial charge in [0.15, 0.2) is 4.32 Å². The van der Waals surface area contributed by atoms with E-state index in [-0.39, 0.29) is 5.91 Å². The summed E-state index contributed by atoms with van der Waals surface area (Å²) in [6.07, 6.45) is 1.80. The molecular weight excluding hydrogens is 324 g/mol. The van der Waals surface area contributed by atoms with Crippen molar-refractivity contribution < 1.29 is 4.79 Å². The van der Waals surface area contributed by atoms with Gasteiger partial charge in [0.05, 0.1) is 22.2 Å². The van der Waals surface area contributed by atoms with Crippen molar-refractivity contribution in [3.63, 3.8) is 0 Å². The molecule has 1 heterocycles. The molecule has 0 N–H and O–H groups in total. The number of benzene rings is 2. The van der Waals surface area contributed by atoms with Crippen LogP contribution >= 0.6 is 24.0 Å². The average Bonchev–Trinajstić information content (AvgIpc) is 2.83. The zero-order chi connectivity index (χ0) is 16.4. The smallest absolute Gasteiger partial charge is 0.268 e. The zero-order valence-corrected chi connectivity index (χ0v) is 13.9. The van der Waals surface area contributed by atoms with Crippen LogP contribution in [0, 0.1) is 18.3 Å². The summed E-state index contributed by atoms with van der Waals surface area (Å²) in [5, 5.41) is 8.82. The van der Waals surface area contributed by atoms with Gasteiger partial charge in [-0.2, -0.15) is 5.26 Å². The van der Waals surface area contributed by atoms with Crippen LogP contribution in [0.4, 0.5) is 5.69 Å². The molecular formula is C18H12N2OS2. The second-order valence-electron chi connectivity index (χ2n) is 5.09. The summed E-state index contributed by atoms with van der Waals surface area (Å²) >= 11 is 6.64. The van der Waals surface area contributed by atoms with E-state index in [9.17, 15) is 4.79 Å². The third kappa shape index (κ3) is 3.19. The zero-order valence-electron chi connectivity index (χ0n) is 12.3. The molecule has 1 amide bonds. The Morgan fingerprint density at radius 3 is 2.39 bits per heavy atom. The number of rotatable bonds is 2. The van der Waals surface area contributed by atoms with Crippen molar-refractivity contribution in [3.8, 4) is 6.07 Å². The van der Waals surface area contributed by atoms with Gasteiger partial charge < -0.3 is 0 Å². The molecule has 3 nitrogen and oxygen atoms in total. The summed E-state index contributed by atoms with van der Waals surface area (Å²) in [5.74, 6) is -0.117. The number of hydrogen-bond acceptors (Lipinski definition) is 4. The maximum absolute atomic E-state index is 12.6. The van der Waals surface area contributed by atoms with E-state index in [1.807, 2.05) is 43.3 Å². The van der Waals surface area contributed by atoms with Gasteiger partial charge in [-0.25, -0.2) is 0 Å². The molecule has 0 unspecified atom stereocenters. The van der Waals surface area contributed by atoms with Crippen LogP contribution in [-0.2, 0) is 4.79 Å². The van der Waals surface area contributed by atoms with E-state index in [1.54, 1.807) is 23.1 Å². The molecule has 0 spiro atoms. The second-order valence-corrected chi connectivity index (χ2v) is 6.76. The van der Waals surface area contributed by atoms with E-state index in [0.717, 1.165) is 16.8 Å². The van der Waals surface area contributed by atoms with E-state index in [2.05, 4.69) is 6.07 Å². The molecule has 1 aliphatic heterocycles. The number of carbonyl (C=O) groups is 1. The molecule has 112 valence electrons. The van der Waals surface area contributed by atoms with Gasteiger partial charge in [-0.1, -0.05) is 53.8 Å². The number of hydrogen-bond donors (Lipinski definition) is 0. The molecule has 5 heteroatoms. The Morgan fingerprint density at radius 2 is 1.78 bits per heavy atom. The Morgan fingerprint density at radius 1 is 1.13 bits per heavy atom. The highest BCUT2D eigenvalue weighted by molar-refractivity contribution is 8.27. The van der Waals surface area contributed by atoms with Crippen molar-refractivity contribution in [2.24, 2.45) is 0 Å². The predicted octanol–water partition coefficient (Wildman–Crippen LogP) is 4.27. The molecule has 0 saturated carbocycles. The van der Waals surface area contributed by atoms with Crippen LogP contribution in [0.5, 0.6) is 0 Å². The maximum atomic E-state index is 12.6. The van der Waals surface area contributed by atoms with Gasteiger partial charge in [-0.05, 0) is 42.8 Å². The van der Waals surface area contributed by atoms with Crippen LogP contribution in [0.1, 0.15) is 16.7 Å². The van der Waals surface area contributed by atoms with Gasteiger partial charge in [-0.15, -0.1) is 0 Å². The van der Waals surface area contributed by atoms with Gasteiger partial charge in [0.25, 0.3) is 5.91 Å². The molecule has 23 heavy (non-hydrogen) atoms. The Balaban J connectivity index is 1.89. The third-order valence-corrected chi connectivity index (χ3v) is 4.73. The summed E-state index contributed by atoms with van der Waals surface area (Å²) in [6.45, 7) is 2.00. The highest BCUT2D eigenvalue weighted by atomic mass is 32.2. The van der Waals surface area contributed by atoms with Crippen molar-refractivity contribution in [3.05, 3.63) is 70.1 Å². The quantitative estimate of drug-likeness (QED) is 0.607.